The molecule has 0 aliphatic carbocycles. The van der Waals surface area contributed by atoms with Crippen LogP contribution >= 0.6 is 11.8 Å². The van der Waals surface area contributed by atoms with Crippen LogP contribution in [0, 0.1) is 6.92 Å². The number of nitrogens with zero attached hydrogens (tertiary/aromatic N) is 1. The molecule has 0 radical (unpaired) electrons. The summed E-state index contributed by atoms with van der Waals surface area (Å²) in [6.45, 7) is 2.02. The van der Waals surface area contributed by atoms with Crippen molar-refractivity contribution in [3.8, 4) is 0 Å². The molecule has 1 aromatic rings. The van der Waals surface area contributed by atoms with Crippen molar-refractivity contribution < 1.29 is 19.4 Å². The van der Waals surface area contributed by atoms with Gasteiger partial charge in [0.15, 0.2) is 0 Å². The largest absolute Gasteiger partial charge is 0.464 e. The van der Waals surface area contributed by atoms with Gasteiger partial charge in [-0.3, -0.25) is 4.79 Å². The number of rotatable bonds is 7. The summed E-state index contributed by atoms with van der Waals surface area (Å²) in [7, 11) is 1.71. The molecule has 0 fully saturated rings. The molecule has 18 heavy (non-hydrogen) atoms. The average Bonchev–Trinajstić information content (AvgIpc) is 2.74. The van der Waals surface area contributed by atoms with Crippen molar-refractivity contribution in [1.29, 1.82) is 0 Å². The maximum atomic E-state index is 11.7. The number of hydrogen-bond acceptors (Lipinski definition) is 5. The molecule has 6 heteroatoms. The van der Waals surface area contributed by atoms with Gasteiger partial charge in [0.25, 0.3) is 0 Å². The molecule has 5 nitrogen and oxygen atoms in total. The van der Waals surface area contributed by atoms with Crippen molar-refractivity contribution in [3.63, 3.8) is 0 Å². The minimum absolute atomic E-state index is 0.0285. The highest BCUT2D eigenvalue weighted by atomic mass is 32.2. The summed E-state index contributed by atoms with van der Waals surface area (Å²) in [6.07, 6.45) is -0.763. The molecule has 1 amide bonds. The van der Waals surface area contributed by atoms with Crippen LogP contribution in [0.4, 0.5) is 0 Å². The molecule has 2 N–H and O–H groups in total. The molecule has 1 unspecified atom stereocenters. The Morgan fingerprint density at radius 1 is 1.56 bits per heavy atom. The van der Waals surface area contributed by atoms with E-state index in [0.29, 0.717) is 12.3 Å². The van der Waals surface area contributed by atoms with Gasteiger partial charge in [0.1, 0.15) is 11.5 Å². The average molecular weight is 273 g/mol. The van der Waals surface area contributed by atoms with Gasteiger partial charge in [-0.2, -0.15) is 0 Å². The number of furan rings is 1. The Morgan fingerprint density at radius 3 is 2.83 bits per heavy atom. The minimum atomic E-state index is -0.763. The molecule has 1 atom stereocenters. The molecule has 0 aliphatic heterocycles. The van der Waals surface area contributed by atoms with E-state index in [4.69, 9.17) is 14.6 Å². The summed E-state index contributed by atoms with van der Waals surface area (Å²) in [6, 6.07) is 3.71. The van der Waals surface area contributed by atoms with Crippen LogP contribution in [-0.4, -0.2) is 52.3 Å². The van der Waals surface area contributed by atoms with E-state index in [9.17, 15) is 4.79 Å². The lowest BCUT2D eigenvalue weighted by molar-refractivity contribution is -0.127. The second kappa shape index (κ2) is 7.45. The van der Waals surface area contributed by atoms with Crippen molar-refractivity contribution in [1.82, 2.24) is 4.90 Å². The zero-order valence-corrected chi connectivity index (χ0v) is 11.4. The zero-order chi connectivity index (χ0) is 13.5. The lowest BCUT2D eigenvalue weighted by atomic mass is 10.4. The first-order valence-electron chi connectivity index (χ1n) is 5.69. The lowest BCUT2D eigenvalue weighted by Gasteiger charge is -2.15. The van der Waals surface area contributed by atoms with Gasteiger partial charge >= 0.3 is 0 Å². The van der Waals surface area contributed by atoms with Crippen LogP contribution < -0.4 is 0 Å². The number of carbonyl (C=O) groups excluding carboxylic acids is 1. The van der Waals surface area contributed by atoms with Gasteiger partial charge in [0.05, 0.1) is 25.0 Å². The van der Waals surface area contributed by atoms with E-state index in [0.717, 1.165) is 11.5 Å². The predicted molar refractivity (Wildman–Crippen MR) is 70.3 cm³/mol. The van der Waals surface area contributed by atoms with Gasteiger partial charge in [0, 0.05) is 12.8 Å². The molecule has 0 aromatic carbocycles. The van der Waals surface area contributed by atoms with Crippen molar-refractivity contribution in [2.24, 2.45) is 0 Å². The highest BCUT2D eigenvalue weighted by Gasteiger charge is 2.12. The van der Waals surface area contributed by atoms with E-state index < -0.39 is 6.10 Å². The summed E-state index contributed by atoms with van der Waals surface area (Å²) in [5, 5.41) is 17.8. The molecule has 102 valence electrons. The van der Waals surface area contributed by atoms with Crippen LogP contribution in [-0.2, 0) is 11.3 Å². The Bertz CT molecular complexity index is 380. The maximum absolute atomic E-state index is 11.7. The monoisotopic (exact) mass is 273 g/mol. The number of aliphatic hydroxyl groups excluding tert-OH is 2. The summed E-state index contributed by atoms with van der Waals surface area (Å²) in [4.78, 5) is 13.3. The van der Waals surface area contributed by atoms with Gasteiger partial charge in [-0.25, -0.2) is 0 Å². The fraction of sp³-hybridized carbons (Fsp3) is 0.583. The van der Waals surface area contributed by atoms with E-state index in [2.05, 4.69) is 0 Å². The maximum Gasteiger partial charge on any atom is 0.232 e. The SMILES string of the molecule is Cc1ccc(CN(C)C(=O)CSCC(O)CO)o1. The molecule has 0 aliphatic rings. The highest BCUT2D eigenvalue weighted by Crippen LogP contribution is 2.10. The quantitative estimate of drug-likeness (QED) is 0.762. The lowest BCUT2D eigenvalue weighted by Crippen LogP contribution is -2.28. The van der Waals surface area contributed by atoms with Gasteiger partial charge in [-0.05, 0) is 19.1 Å². The third-order valence-electron chi connectivity index (χ3n) is 2.36. The molecule has 1 rings (SSSR count). The van der Waals surface area contributed by atoms with E-state index in [1.165, 1.54) is 11.8 Å². The van der Waals surface area contributed by atoms with E-state index in [1.807, 2.05) is 19.1 Å². The van der Waals surface area contributed by atoms with E-state index in [-0.39, 0.29) is 18.3 Å². The van der Waals surface area contributed by atoms with Gasteiger partial charge in [-0.1, -0.05) is 0 Å². The number of carbonyl (C=O) groups is 1. The second-order valence-electron chi connectivity index (χ2n) is 4.11. The van der Waals surface area contributed by atoms with Crippen molar-refractivity contribution >= 4 is 17.7 Å². The molecular weight excluding hydrogens is 254 g/mol. The Hall–Kier alpha value is -0.980. The smallest absolute Gasteiger partial charge is 0.232 e. The summed E-state index contributed by atoms with van der Waals surface area (Å²) < 4.78 is 5.39. The van der Waals surface area contributed by atoms with Crippen LogP contribution in [0.3, 0.4) is 0 Å². The molecule has 0 saturated heterocycles. The Morgan fingerprint density at radius 2 is 2.28 bits per heavy atom. The van der Waals surface area contributed by atoms with Crippen molar-refractivity contribution in [2.75, 3.05) is 25.2 Å². The Labute approximate surface area is 111 Å². The van der Waals surface area contributed by atoms with E-state index in [1.54, 1.807) is 11.9 Å². The number of thioether (sulfide) groups is 1. The highest BCUT2D eigenvalue weighted by molar-refractivity contribution is 7.99. The van der Waals surface area contributed by atoms with Crippen molar-refractivity contribution in [3.05, 3.63) is 23.7 Å². The van der Waals surface area contributed by atoms with Crippen LogP contribution in [0.1, 0.15) is 11.5 Å². The number of aryl methyl sites for hydroxylation is 1. The molecular formula is C12H19NO4S. The topological polar surface area (TPSA) is 73.9 Å². The second-order valence-corrected chi connectivity index (χ2v) is 5.14. The Kier molecular flexibility index (Phi) is 6.24. The first kappa shape index (κ1) is 15.1. The first-order valence-corrected chi connectivity index (χ1v) is 6.84. The first-order chi connectivity index (χ1) is 8.52. The third-order valence-corrected chi connectivity index (χ3v) is 3.43. The van der Waals surface area contributed by atoms with Crippen LogP contribution in [0.5, 0.6) is 0 Å². The standard InChI is InChI=1S/C12H19NO4S/c1-9-3-4-11(17-9)5-13(2)12(16)8-18-7-10(15)6-14/h3-4,10,14-15H,5-8H2,1-2H3. The third kappa shape index (κ3) is 5.12. The molecule has 1 heterocycles. The number of hydrogen-bond donors (Lipinski definition) is 2. The molecule has 0 saturated carbocycles. The molecule has 0 bridgehead atoms. The van der Waals surface area contributed by atoms with Crippen molar-refractivity contribution in [2.45, 2.75) is 19.6 Å². The van der Waals surface area contributed by atoms with Gasteiger partial charge in [0.2, 0.25) is 5.91 Å². The Balaban J connectivity index is 2.28. The fourth-order valence-electron chi connectivity index (χ4n) is 1.34. The molecule has 0 spiro atoms. The van der Waals surface area contributed by atoms with Gasteiger partial charge < -0.3 is 19.5 Å². The summed E-state index contributed by atoms with van der Waals surface area (Å²) >= 11 is 1.31. The predicted octanol–water partition coefficient (Wildman–Crippen LogP) is 0.633. The number of aliphatic hydroxyl groups is 2. The van der Waals surface area contributed by atoms with Crippen LogP contribution in [0.25, 0.3) is 0 Å². The van der Waals surface area contributed by atoms with Gasteiger partial charge in [-0.15, -0.1) is 11.8 Å². The fourth-order valence-corrected chi connectivity index (χ4v) is 2.23. The van der Waals surface area contributed by atoms with Crippen LogP contribution in [0.15, 0.2) is 16.5 Å². The normalized spacial score (nSPS) is 12.4. The summed E-state index contributed by atoms with van der Waals surface area (Å²) in [5.74, 6) is 2.19. The molecule has 1 aromatic heterocycles. The minimum Gasteiger partial charge on any atom is -0.464 e. The van der Waals surface area contributed by atoms with Crippen LogP contribution in [0.2, 0.25) is 0 Å². The zero-order valence-electron chi connectivity index (χ0n) is 10.6. The summed E-state index contributed by atoms with van der Waals surface area (Å²) in [5.41, 5.74) is 0. The number of amides is 1. The van der Waals surface area contributed by atoms with E-state index >= 15 is 0 Å².